The standard InChI is InChI=1S/C12H15FO2/c1-4-15-12(14)7-10-5-8(2)9(3)6-11(10)13/h5-6H,4,7H2,1-3H3. The number of carbonyl (C=O) groups is 1. The molecule has 0 saturated carbocycles. The Balaban J connectivity index is 2.86. The van der Waals surface area contributed by atoms with Gasteiger partial charge in [-0.05, 0) is 43.5 Å². The van der Waals surface area contributed by atoms with E-state index in [0.29, 0.717) is 12.2 Å². The summed E-state index contributed by atoms with van der Waals surface area (Å²) in [6, 6.07) is 3.14. The Morgan fingerprint density at radius 2 is 1.93 bits per heavy atom. The van der Waals surface area contributed by atoms with Gasteiger partial charge in [0, 0.05) is 0 Å². The third-order valence-corrected chi connectivity index (χ3v) is 2.30. The lowest BCUT2D eigenvalue weighted by molar-refractivity contribution is -0.142. The zero-order chi connectivity index (χ0) is 11.4. The van der Waals surface area contributed by atoms with Crippen molar-refractivity contribution in [2.45, 2.75) is 27.2 Å². The molecule has 0 bridgehead atoms. The zero-order valence-corrected chi connectivity index (χ0v) is 9.26. The van der Waals surface area contributed by atoms with Gasteiger partial charge >= 0.3 is 5.97 Å². The SMILES string of the molecule is CCOC(=O)Cc1cc(C)c(C)cc1F. The highest BCUT2D eigenvalue weighted by Crippen LogP contribution is 2.15. The molecular weight excluding hydrogens is 195 g/mol. The first-order valence-corrected chi connectivity index (χ1v) is 4.95. The highest BCUT2D eigenvalue weighted by molar-refractivity contribution is 5.72. The molecule has 0 aliphatic rings. The van der Waals surface area contributed by atoms with E-state index in [4.69, 9.17) is 4.74 Å². The van der Waals surface area contributed by atoms with Crippen molar-refractivity contribution in [3.05, 3.63) is 34.6 Å². The van der Waals surface area contributed by atoms with Crippen LogP contribution in [-0.2, 0) is 16.0 Å². The molecule has 0 heterocycles. The molecule has 0 radical (unpaired) electrons. The number of benzene rings is 1. The summed E-state index contributed by atoms with van der Waals surface area (Å²) < 4.78 is 18.2. The molecule has 0 fully saturated rings. The first-order chi connectivity index (χ1) is 7.04. The Hall–Kier alpha value is -1.38. The van der Waals surface area contributed by atoms with Crippen LogP contribution in [0, 0.1) is 19.7 Å². The van der Waals surface area contributed by atoms with E-state index < -0.39 is 0 Å². The largest absolute Gasteiger partial charge is 0.466 e. The number of hydrogen-bond donors (Lipinski definition) is 0. The third-order valence-electron chi connectivity index (χ3n) is 2.30. The van der Waals surface area contributed by atoms with E-state index in [0.717, 1.165) is 11.1 Å². The summed E-state index contributed by atoms with van der Waals surface area (Å²) in [5, 5.41) is 0. The average Bonchev–Trinajstić information content (AvgIpc) is 2.14. The van der Waals surface area contributed by atoms with Crippen LogP contribution in [0.1, 0.15) is 23.6 Å². The van der Waals surface area contributed by atoms with Gasteiger partial charge in [0.15, 0.2) is 0 Å². The lowest BCUT2D eigenvalue weighted by Gasteiger charge is -2.06. The van der Waals surface area contributed by atoms with Crippen LogP contribution in [0.25, 0.3) is 0 Å². The van der Waals surface area contributed by atoms with Gasteiger partial charge in [-0.1, -0.05) is 6.07 Å². The van der Waals surface area contributed by atoms with E-state index in [1.807, 2.05) is 13.8 Å². The molecule has 0 aromatic heterocycles. The summed E-state index contributed by atoms with van der Waals surface area (Å²) in [7, 11) is 0. The zero-order valence-electron chi connectivity index (χ0n) is 9.26. The van der Waals surface area contributed by atoms with E-state index in [9.17, 15) is 9.18 Å². The second kappa shape index (κ2) is 4.91. The molecule has 2 nitrogen and oxygen atoms in total. The molecule has 15 heavy (non-hydrogen) atoms. The fourth-order valence-corrected chi connectivity index (χ4v) is 1.34. The summed E-state index contributed by atoms with van der Waals surface area (Å²) in [6.45, 7) is 5.79. The molecule has 0 unspecified atom stereocenters. The fourth-order valence-electron chi connectivity index (χ4n) is 1.34. The van der Waals surface area contributed by atoms with Crippen molar-refractivity contribution in [3.8, 4) is 0 Å². The summed E-state index contributed by atoms with van der Waals surface area (Å²) in [5.74, 6) is -0.731. The number of esters is 1. The quantitative estimate of drug-likeness (QED) is 0.717. The predicted molar refractivity (Wildman–Crippen MR) is 56.2 cm³/mol. The number of carbonyl (C=O) groups excluding carboxylic acids is 1. The molecule has 0 aliphatic carbocycles. The number of aryl methyl sites for hydroxylation is 2. The third kappa shape index (κ3) is 3.05. The number of hydrogen-bond acceptors (Lipinski definition) is 2. The van der Waals surface area contributed by atoms with Gasteiger partial charge < -0.3 is 4.74 Å². The Kier molecular flexibility index (Phi) is 3.83. The first-order valence-electron chi connectivity index (χ1n) is 4.95. The van der Waals surface area contributed by atoms with Gasteiger partial charge in [-0.3, -0.25) is 4.79 Å². The van der Waals surface area contributed by atoms with E-state index in [-0.39, 0.29) is 18.2 Å². The molecular formula is C12H15FO2. The first kappa shape index (κ1) is 11.7. The van der Waals surface area contributed by atoms with Crippen molar-refractivity contribution < 1.29 is 13.9 Å². The van der Waals surface area contributed by atoms with Crippen LogP contribution < -0.4 is 0 Å². The monoisotopic (exact) mass is 210 g/mol. The minimum atomic E-state index is -0.389. The Morgan fingerprint density at radius 3 is 2.53 bits per heavy atom. The van der Waals surface area contributed by atoms with Crippen molar-refractivity contribution in [3.63, 3.8) is 0 Å². The maximum Gasteiger partial charge on any atom is 0.310 e. The number of halogens is 1. The van der Waals surface area contributed by atoms with Gasteiger partial charge in [-0.15, -0.1) is 0 Å². The van der Waals surface area contributed by atoms with Crippen LogP contribution in [0.4, 0.5) is 4.39 Å². The van der Waals surface area contributed by atoms with E-state index in [1.165, 1.54) is 6.07 Å². The normalized spacial score (nSPS) is 10.1. The van der Waals surface area contributed by atoms with Crippen LogP contribution in [0.15, 0.2) is 12.1 Å². The fraction of sp³-hybridized carbons (Fsp3) is 0.417. The molecule has 0 saturated heterocycles. The molecule has 1 aromatic rings. The number of ether oxygens (including phenoxy) is 1. The van der Waals surface area contributed by atoms with Crippen molar-refractivity contribution >= 4 is 5.97 Å². The second-order valence-electron chi connectivity index (χ2n) is 3.51. The van der Waals surface area contributed by atoms with Crippen LogP contribution in [0.3, 0.4) is 0 Å². The van der Waals surface area contributed by atoms with Crippen molar-refractivity contribution in [2.24, 2.45) is 0 Å². The van der Waals surface area contributed by atoms with Gasteiger partial charge in [0.2, 0.25) is 0 Å². The van der Waals surface area contributed by atoms with Gasteiger partial charge in [-0.2, -0.15) is 0 Å². The molecule has 3 heteroatoms. The van der Waals surface area contributed by atoms with Gasteiger partial charge in [0.25, 0.3) is 0 Å². The summed E-state index contributed by atoms with van der Waals surface area (Å²) in [5.41, 5.74) is 2.27. The second-order valence-corrected chi connectivity index (χ2v) is 3.51. The van der Waals surface area contributed by atoms with Crippen LogP contribution in [0.2, 0.25) is 0 Å². The highest BCUT2D eigenvalue weighted by atomic mass is 19.1. The molecule has 82 valence electrons. The Bertz CT molecular complexity index is 372. The predicted octanol–water partition coefficient (Wildman–Crippen LogP) is 2.55. The molecule has 0 N–H and O–H groups in total. The molecule has 0 aliphatic heterocycles. The summed E-state index contributed by atoms with van der Waals surface area (Å²) in [6.07, 6.45) is 0.000787. The Morgan fingerprint density at radius 1 is 1.33 bits per heavy atom. The highest BCUT2D eigenvalue weighted by Gasteiger charge is 2.10. The molecule has 1 aromatic carbocycles. The summed E-state index contributed by atoms with van der Waals surface area (Å²) in [4.78, 5) is 11.2. The average molecular weight is 210 g/mol. The van der Waals surface area contributed by atoms with Crippen LogP contribution >= 0.6 is 0 Å². The lowest BCUT2D eigenvalue weighted by Crippen LogP contribution is -2.09. The molecule has 0 spiro atoms. The molecule has 1 rings (SSSR count). The number of rotatable bonds is 3. The molecule has 0 atom stereocenters. The maximum absolute atomic E-state index is 13.4. The minimum absolute atomic E-state index is 0.000787. The van der Waals surface area contributed by atoms with Crippen LogP contribution in [-0.4, -0.2) is 12.6 Å². The maximum atomic E-state index is 13.4. The topological polar surface area (TPSA) is 26.3 Å². The van der Waals surface area contributed by atoms with E-state index in [2.05, 4.69) is 0 Å². The van der Waals surface area contributed by atoms with Crippen molar-refractivity contribution in [2.75, 3.05) is 6.61 Å². The summed E-state index contributed by atoms with van der Waals surface area (Å²) >= 11 is 0. The minimum Gasteiger partial charge on any atom is -0.466 e. The smallest absolute Gasteiger partial charge is 0.310 e. The van der Waals surface area contributed by atoms with E-state index >= 15 is 0 Å². The Labute approximate surface area is 89.1 Å². The van der Waals surface area contributed by atoms with E-state index in [1.54, 1.807) is 13.0 Å². The van der Waals surface area contributed by atoms with Gasteiger partial charge in [0.1, 0.15) is 5.82 Å². The van der Waals surface area contributed by atoms with Crippen molar-refractivity contribution in [1.82, 2.24) is 0 Å². The lowest BCUT2D eigenvalue weighted by atomic mass is 10.0. The van der Waals surface area contributed by atoms with Gasteiger partial charge in [-0.25, -0.2) is 4.39 Å². The van der Waals surface area contributed by atoms with Gasteiger partial charge in [0.05, 0.1) is 13.0 Å². The van der Waals surface area contributed by atoms with Crippen molar-refractivity contribution in [1.29, 1.82) is 0 Å². The molecule has 0 amide bonds. The van der Waals surface area contributed by atoms with Crippen LogP contribution in [0.5, 0.6) is 0 Å².